The minimum atomic E-state index is 1.18. The van der Waals surface area contributed by atoms with Crippen LogP contribution in [0.4, 0.5) is 0 Å². The fourth-order valence-electron chi connectivity index (χ4n) is 3.56. The summed E-state index contributed by atoms with van der Waals surface area (Å²) in [5, 5.41) is 0. The standard InChI is InChI=1S/C22H43N2/c1-4-7-9-11-12-13-15-17-22-23(18-6-3)20-21-24(22)19-16-14-10-8-5-2/h20-21H,4-19H2,1-3H3/q+1. The van der Waals surface area contributed by atoms with Crippen molar-refractivity contribution in [1.82, 2.24) is 4.57 Å². The Morgan fingerprint density at radius 2 is 1.29 bits per heavy atom. The third-order valence-electron chi connectivity index (χ3n) is 5.06. The molecule has 2 heteroatoms. The molecule has 1 aromatic rings. The Kier molecular flexibility index (Phi) is 12.9. The molecule has 24 heavy (non-hydrogen) atoms. The summed E-state index contributed by atoms with van der Waals surface area (Å²) in [6.45, 7) is 9.26. The molecule has 1 heterocycles. The third kappa shape index (κ3) is 8.89. The van der Waals surface area contributed by atoms with Crippen LogP contribution in [0.25, 0.3) is 0 Å². The molecule has 0 amide bonds. The first kappa shape index (κ1) is 21.3. The molecule has 0 saturated carbocycles. The second-order valence-corrected chi connectivity index (χ2v) is 7.39. The summed E-state index contributed by atoms with van der Waals surface area (Å²) in [6.07, 6.45) is 23.8. The summed E-state index contributed by atoms with van der Waals surface area (Å²) in [5.41, 5.74) is 0. The monoisotopic (exact) mass is 335 g/mol. The molecular weight excluding hydrogens is 292 g/mol. The van der Waals surface area contributed by atoms with E-state index in [9.17, 15) is 0 Å². The Labute approximate surface area is 151 Å². The Hall–Kier alpha value is -0.790. The van der Waals surface area contributed by atoms with Crippen molar-refractivity contribution in [3.63, 3.8) is 0 Å². The zero-order valence-corrected chi connectivity index (χ0v) is 16.9. The molecule has 0 spiro atoms. The summed E-state index contributed by atoms with van der Waals surface area (Å²) in [7, 11) is 0. The highest BCUT2D eigenvalue weighted by molar-refractivity contribution is 4.84. The van der Waals surface area contributed by atoms with Crippen LogP contribution in [-0.4, -0.2) is 4.57 Å². The number of nitrogens with zero attached hydrogens (tertiary/aromatic N) is 2. The Bertz CT molecular complexity index is 395. The average molecular weight is 336 g/mol. The normalized spacial score (nSPS) is 11.3. The van der Waals surface area contributed by atoms with Gasteiger partial charge in [0.2, 0.25) is 0 Å². The van der Waals surface area contributed by atoms with Crippen molar-refractivity contribution in [2.75, 3.05) is 0 Å². The van der Waals surface area contributed by atoms with Crippen LogP contribution in [-0.2, 0) is 19.5 Å². The van der Waals surface area contributed by atoms with Crippen LogP contribution in [0.5, 0.6) is 0 Å². The van der Waals surface area contributed by atoms with Crippen LogP contribution in [0.3, 0.4) is 0 Å². The first-order valence-corrected chi connectivity index (χ1v) is 10.9. The van der Waals surface area contributed by atoms with E-state index < -0.39 is 0 Å². The number of hydrogen-bond donors (Lipinski definition) is 0. The van der Waals surface area contributed by atoms with Gasteiger partial charge in [-0.3, -0.25) is 0 Å². The zero-order chi connectivity index (χ0) is 17.5. The molecule has 2 nitrogen and oxygen atoms in total. The van der Waals surface area contributed by atoms with Gasteiger partial charge in [0.05, 0.1) is 13.1 Å². The number of hydrogen-bond acceptors (Lipinski definition) is 0. The van der Waals surface area contributed by atoms with E-state index in [1.807, 2.05) is 0 Å². The predicted molar refractivity (Wildman–Crippen MR) is 105 cm³/mol. The van der Waals surface area contributed by atoms with E-state index in [0.717, 1.165) is 0 Å². The first-order valence-electron chi connectivity index (χ1n) is 10.9. The lowest BCUT2D eigenvalue weighted by Gasteiger charge is -2.06. The maximum Gasteiger partial charge on any atom is 0.256 e. The lowest BCUT2D eigenvalue weighted by molar-refractivity contribution is -0.703. The van der Waals surface area contributed by atoms with Gasteiger partial charge in [-0.15, -0.1) is 0 Å². The molecule has 0 fully saturated rings. The summed E-state index contributed by atoms with van der Waals surface area (Å²) in [5.74, 6) is 1.57. The number of unbranched alkanes of at least 4 members (excludes halogenated alkanes) is 10. The van der Waals surface area contributed by atoms with E-state index in [4.69, 9.17) is 0 Å². The van der Waals surface area contributed by atoms with Crippen molar-refractivity contribution >= 4 is 0 Å². The second kappa shape index (κ2) is 14.5. The highest BCUT2D eigenvalue weighted by Crippen LogP contribution is 2.11. The van der Waals surface area contributed by atoms with Crippen LogP contribution in [0.2, 0.25) is 0 Å². The quantitative estimate of drug-likeness (QED) is 0.242. The minimum Gasteiger partial charge on any atom is -0.234 e. The molecular formula is C22H43N2+. The van der Waals surface area contributed by atoms with Crippen molar-refractivity contribution < 1.29 is 4.57 Å². The minimum absolute atomic E-state index is 1.18. The summed E-state index contributed by atoms with van der Waals surface area (Å²) < 4.78 is 5.04. The zero-order valence-electron chi connectivity index (χ0n) is 16.9. The highest BCUT2D eigenvalue weighted by atomic mass is 15.1. The summed E-state index contributed by atoms with van der Waals surface area (Å²) in [4.78, 5) is 0. The molecule has 0 unspecified atom stereocenters. The number of aromatic nitrogens is 2. The number of imidazole rings is 1. The lowest BCUT2D eigenvalue weighted by atomic mass is 10.1. The molecule has 0 bridgehead atoms. The fourth-order valence-corrected chi connectivity index (χ4v) is 3.56. The Balaban J connectivity index is 2.36. The molecule has 0 N–H and O–H groups in total. The van der Waals surface area contributed by atoms with Gasteiger partial charge in [-0.2, -0.15) is 0 Å². The molecule has 0 aliphatic rings. The Morgan fingerprint density at radius 1 is 0.708 bits per heavy atom. The summed E-state index contributed by atoms with van der Waals surface area (Å²) in [6, 6.07) is 0. The van der Waals surface area contributed by atoms with Gasteiger partial charge in [0.1, 0.15) is 12.4 Å². The molecule has 0 saturated heterocycles. The lowest BCUT2D eigenvalue weighted by Crippen LogP contribution is -2.37. The van der Waals surface area contributed by atoms with Gasteiger partial charge in [-0.1, -0.05) is 78.6 Å². The predicted octanol–water partition coefficient (Wildman–Crippen LogP) is 6.45. The van der Waals surface area contributed by atoms with Crippen LogP contribution in [0.15, 0.2) is 12.4 Å². The van der Waals surface area contributed by atoms with Crippen LogP contribution < -0.4 is 4.57 Å². The molecule has 140 valence electrons. The van der Waals surface area contributed by atoms with Crippen LogP contribution in [0, 0.1) is 0 Å². The van der Waals surface area contributed by atoms with Gasteiger partial charge >= 0.3 is 0 Å². The number of rotatable bonds is 16. The molecule has 1 rings (SSSR count). The van der Waals surface area contributed by atoms with E-state index in [2.05, 4.69) is 42.3 Å². The van der Waals surface area contributed by atoms with E-state index in [1.54, 1.807) is 5.82 Å². The van der Waals surface area contributed by atoms with E-state index in [1.165, 1.54) is 103 Å². The van der Waals surface area contributed by atoms with Gasteiger partial charge in [0.15, 0.2) is 0 Å². The first-order chi connectivity index (χ1) is 11.8. The molecule has 0 aliphatic carbocycles. The van der Waals surface area contributed by atoms with Gasteiger partial charge < -0.3 is 0 Å². The average Bonchev–Trinajstić information content (AvgIpc) is 2.96. The van der Waals surface area contributed by atoms with Gasteiger partial charge in [0, 0.05) is 6.42 Å². The van der Waals surface area contributed by atoms with Gasteiger partial charge in [-0.25, -0.2) is 9.13 Å². The SMILES string of the molecule is CCCCCCCCCc1n(CCCCCCC)cc[n+]1CCC. The molecule has 1 aromatic heterocycles. The topological polar surface area (TPSA) is 8.81 Å². The van der Waals surface area contributed by atoms with E-state index in [0.29, 0.717) is 0 Å². The van der Waals surface area contributed by atoms with E-state index >= 15 is 0 Å². The maximum absolute atomic E-state index is 2.54. The van der Waals surface area contributed by atoms with Crippen LogP contribution in [0.1, 0.15) is 110 Å². The maximum atomic E-state index is 2.54. The van der Waals surface area contributed by atoms with Crippen LogP contribution >= 0.6 is 0 Å². The molecule has 0 atom stereocenters. The van der Waals surface area contributed by atoms with Crippen molar-refractivity contribution in [3.8, 4) is 0 Å². The van der Waals surface area contributed by atoms with Gasteiger partial charge in [-0.05, 0) is 25.7 Å². The van der Waals surface area contributed by atoms with Crippen molar-refractivity contribution in [2.24, 2.45) is 0 Å². The molecule has 0 aliphatic heterocycles. The smallest absolute Gasteiger partial charge is 0.234 e. The fraction of sp³-hybridized carbons (Fsp3) is 0.864. The van der Waals surface area contributed by atoms with E-state index in [-0.39, 0.29) is 0 Å². The highest BCUT2D eigenvalue weighted by Gasteiger charge is 2.15. The Morgan fingerprint density at radius 3 is 1.92 bits per heavy atom. The second-order valence-electron chi connectivity index (χ2n) is 7.39. The molecule has 0 aromatic carbocycles. The van der Waals surface area contributed by atoms with Crippen molar-refractivity contribution in [3.05, 3.63) is 18.2 Å². The van der Waals surface area contributed by atoms with Crippen molar-refractivity contribution in [1.29, 1.82) is 0 Å². The van der Waals surface area contributed by atoms with Crippen molar-refractivity contribution in [2.45, 2.75) is 124 Å². The number of aryl methyl sites for hydroxylation is 2. The van der Waals surface area contributed by atoms with Gasteiger partial charge in [0.25, 0.3) is 5.82 Å². The third-order valence-corrected chi connectivity index (χ3v) is 5.06. The summed E-state index contributed by atoms with van der Waals surface area (Å²) >= 11 is 0. The molecule has 0 radical (unpaired) electrons. The largest absolute Gasteiger partial charge is 0.256 e.